The van der Waals surface area contributed by atoms with Crippen molar-refractivity contribution in [1.29, 1.82) is 0 Å². The first-order chi connectivity index (χ1) is 8.49. The maximum atomic E-state index is 9.69. The lowest BCUT2D eigenvalue weighted by Gasteiger charge is -2.11. The Morgan fingerprint density at radius 2 is 1.50 bits per heavy atom. The highest BCUT2D eigenvalue weighted by atomic mass is 35.5. The number of phenolic OH excluding ortho intramolecular Hbond substituents is 4. The summed E-state index contributed by atoms with van der Waals surface area (Å²) in [4.78, 5) is 0. The van der Waals surface area contributed by atoms with E-state index in [1.54, 1.807) is 12.1 Å². The molecule has 0 fully saturated rings. The Bertz CT molecular complexity index is 601. The fraction of sp³-hybridized carbons (Fsp3) is 0. The van der Waals surface area contributed by atoms with E-state index < -0.39 is 11.5 Å². The number of aromatic hydroxyl groups is 4. The van der Waals surface area contributed by atoms with Crippen LogP contribution < -0.4 is 5.32 Å². The normalized spacial score (nSPS) is 10.3. The van der Waals surface area contributed by atoms with Crippen molar-refractivity contribution in [3.63, 3.8) is 0 Å². The second kappa shape index (κ2) is 4.54. The standard InChI is InChI=1S/C12H10ClNO4/c13-6-2-1-3-7(12(6)18)14-8-4-10(16)11(17)5-9(8)15/h1-5,14-18H. The Morgan fingerprint density at radius 1 is 0.833 bits per heavy atom. The third-order valence-corrected chi connectivity index (χ3v) is 2.65. The predicted octanol–water partition coefficient (Wildman–Crippen LogP) is 2.91. The first-order valence-corrected chi connectivity index (χ1v) is 5.36. The van der Waals surface area contributed by atoms with Gasteiger partial charge in [0.2, 0.25) is 0 Å². The minimum Gasteiger partial charge on any atom is -0.506 e. The van der Waals surface area contributed by atoms with Crippen molar-refractivity contribution < 1.29 is 20.4 Å². The summed E-state index contributed by atoms with van der Waals surface area (Å²) in [6.07, 6.45) is 0. The number of hydrogen-bond donors (Lipinski definition) is 5. The molecule has 0 aliphatic rings. The third-order valence-electron chi connectivity index (χ3n) is 2.35. The molecule has 0 heterocycles. The average molecular weight is 268 g/mol. The van der Waals surface area contributed by atoms with Crippen LogP contribution in [0.1, 0.15) is 0 Å². The zero-order valence-electron chi connectivity index (χ0n) is 9.05. The molecule has 6 heteroatoms. The van der Waals surface area contributed by atoms with E-state index in [2.05, 4.69) is 5.32 Å². The van der Waals surface area contributed by atoms with E-state index in [0.717, 1.165) is 12.1 Å². The van der Waals surface area contributed by atoms with Crippen molar-refractivity contribution >= 4 is 23.0 Å². The van der Waals surface area contributed by atoms with Gasteiger partial charge in [0.15, 0.2) is 17.2 Å². The van der Waals surface area contributed by atoms with E-state index in [4.69, 9.17) is 11.6 Å². The molecule has 0 amide bonds. The zero-order chi connectivity index (χ0) is 13.3. The van der Waals surface area contributed by atoms with Gasteiger partial charge in [-0.25, -0.2) is 0 Å². The summed E-state index contributed by atoms with van der Waals surface area (Å²) in [7, 11) is 0. The van der Waals surface area contributed by atoms with Gasteiger partial charge in [-0.15, -0.1) is 0 Å². The number of phenols is 4. The van der Waals surface area contributed by atoms with Crippen molar-refractivity contribution in [2.24, 2.45) is 0 Å². The number of nitrogens with one attached hydrogen (secondary N) is 1. The lowest BCUT2D eigenvalue weighted by atomic mass is 10.2. The molecule has 2 rings (SSSR count). The molecule has 0 radical (unpaired) electrons. The van der Waals surface area contributed by atoms with Gasteiger partial charge in [0.25, 0.3) is 0 Å². The van der Waals surface area contributed by atoms with Crippen molar-refractivity contribution in [3.8, 4) is 23.0 Å². The van der Waals surface area contributed by atoms with Gasteiger partial charge in [-0.3, -0.25) is 0 Å². The summed E-state index contributed by atoms with van der Waals surface area (Å²) in [5.41, 5.74) is 0.394. The Balaban J connectivity index is 2.40. The van der Waals surface area contributed by atoms with Crippen LogP contribution in [0.3, 0.4) is 0 Å². The smallest absolute Gasteiger partial charge is 0.161 e. The topological polar surface area (TPSA) is 93.0 Å². The van der Waals surface area contributed by atoms with Crippen LogP contribution in [0.25, 0.3) is 0 Å². The van der Waals surface area contributed by atoms with Crippen LogP contribution in [0.15, 0.2) is 30.3 Å². The quantitative estimate of drug-likeness (QED) is 0.426. The number of benzene rings is 2. The molecule has 0 saturated heterocycles. The highest BCUT2D eigenvalue weighted by molar-refractivity contribution is 6.32. The SMILES string of the molecule is Oc1cc(O)c(Nc2cccc(Cl)c2O)cc1O. The molecule has 0 aromatic heterocycles. The highest BCUT2D eigenvalue weighted by Gasteiger charge is 2.11. The first kappa shape index (κ1) is 12.2. The van der Waals surface area contributed by atoms with Gasteiger partial charge in [0.1, 0.15) is 5.75 Å². The number of rotatable bonds is 2. The molecule has 0 saturated carbocycles. The molecule has 0 unspecified atom stereocenters. The molecule has 18 heavy (non-hydrogen) atoms. The van der Waals surface area contributed by atoms with Crippen LogP contribution in [-0.4, -0.2) is 20.4 Å². The molecule has 5 nitrogen and oxygen atoms in total. The monoisotopic (exact) mass is 267 g/mol. The van der Waals surface area contributed by atoms with Crippen molar-refractivity contribution in [2.75, 3.05) is 5.32 Å². The summed E-state index contributed by atoms with van der Waals surface area (Å²) in [6, 6.07) is 6.78. The number of para-hydroxylation sites is 1. The molecule has 94 valence electrons. The molecule has 0 aliphatic carbocycles. The summed E-state index contributed by atoms with van der Waals surface area (Å²) >= 11 is 5.73. The summed E-state index contributed by atoms with van der Waals surface area (Å²) in [5.74, 6) is -1.28. The third kappa shape index (κ3) is 2.21. The average Bonchev–Trinajstić information content (AvgIpc) is 2.32. The van der Waals surface area contributed by atoms with Crippen LogP contribution in [0.5, 0.6) is 23.0 Å². The predicted molar refractivity (Wildman–Crippen MR) is 67.8 cm³/mol. The fourth-order valence-corrected chi connectivity index (χ4v) is 1.60. The molecule has 0 spiro atoms. The van der Waals surface area contributed by atoms with Crippen molar-refractivity contribution in [3.05, 3.63) is 35.4 Å². The van der Waals surface area contributed by atoms with Crippen LogP contribution in [0, 0.1) is 0 Å². The van der Waals surface area contributed by atoms with Crippen LogP contribution >= 0.6 is 11.6 Å². The van der Waals surface area contributed by atoms with Gasteiger partial charge in [-0.05, 0) is 12.1 Å². The first-order valence-electron chi connectivity index (χ1n) is 4.98. The van der Waals surface area contributed by atoms with Crippen LogP contribution in [0.4, 0.5) is 11.4 Å². The molecule has 2 aromatic carbocycles. The van der Waals surface area contributed by atoms with E-state index in [-0.39, 0.29) is 27.9 Å². The second-order valence-electron chi connectivity index (χ2n) is 3.62. The molecule has 0 aliphatic heterocycles. The molecule has 5 N–H and O–H groups in total. The second-order valence-corrected chi connectivity index (χ2v) is 4.03. The minimum atomic E-state index is -0.437. The maximum Gasteiger partial charge on any atom is 0.161 e. The number of anilines is 2. The van der Waals surface area contributed by atoms with Crippen molar-refractivity contribution in [1.82, 2.24) is 0 Å². The lowest BCUT2D eigenvalue weighted by Crippen LogP contribution is -1.91. The van der Waals surface area contributed by atoms with E-state index >= 15 is 0 Å². The van der Waals surface area contributed by atoms with E-state index in [1.165, 1.54) is 6.07 Å². The molecule has 0 bridgehead atoms. The minimum absolute atomic E-state index is 0.128. The van der Waals surface area contributed by atoms with Gasteiger partial charge in [-0.2, -0.15) is 0 Å². The van der Waals surface area contributed by atoms with E-state index in [1.807, 2.05) is 0 Å². The van der Waals surface area contributed by atoms with Gasteiger partial charge in [0.05, 0.1) is 16.4 Å². The summed E-state index contributed by atoms with van der Waals surface area (Å²) in [6.45, 7) is 0. The van der Waals surface area contributed by atoms with Crippen LogP contribution in [-0.2, 0) is 0 Å². The Morgan fingerprint density at radius 3 is 2.22 bits per heavy atom. The summed E-state index contributed by atoms with van der Waals surface area (Å²) in [5, 5.41) is 40.6. The molecular formula is C12H10ClNO4. The Labute approximate surface area is 108 Å². The summed E-state index contributed by atoms with van der Waals surface area (Å²) < 4.78 is 0. The van der Waals surface area contributed by atoms with Crippen LogP contribution in [0.2, 0.25) is 5.02 Å². The molecular weight excluding hydrogens is 258 g/mol. The van der Waals surface area contributed by atoms with Crippen molar-refractivity contribution in [2.45, 2.75) is 0 Å². The molecule has 2 aromatic rings. The van der Waals surface area contributed by atoms with Gasteiger partial charge in [0, 0.05) is 12.1 Å². The maximum absolute atomic E-state index is 9.69. The highest BCUT2D eigenvalue weighted by Crippen LogP contribution is 2.39. The largest absolute Gasteiger partial charge is 0.506 e. The van der Waals surface area contributed by atoms with Gasteiger partial charge < -0.3 is 25.7 Å². The number of hydrogen-bond acceptors (Lipinski definition) is 5. The van der Waals surface area contributed by atoms with Gasteiger partial charge in [-0.1, -0.05) is 17.7 Å². The Kier molecular flexibility index (Phi) is 3.08. The van der Waals surface area contributed by atoms with E-state index in [9.17, 15) is 20.4 Å². The lowest BCUT2D eigenvalue weighted by molar-refractivity contribution is 0.397. The van der Waals surface area contributed by atoms with E-state index in [0.29, 0.717) is 0 Å². The number of halogens is 1. The Hall–Kier alpha value is -2.27. The zero-order valence-corrected chi connectivity index (χ0v) is 9.81. The fourth-order valence-electron chi connectivity index (χ4n) is 1.43. The van der Waals surface area contributed by atoms with Gasteiger partial charge >= 0.3 is 0 Å². The molecule has 0 atom stereocenters.